The minimum atomic E-state index is -0.486. The highest BCUT2D eigenvalue weighted by molar-refractivity contribution is 5.39. The van der Waals surface area contributed by atoms with Crippen LogP contribution in [0, 0.1) is 11.3 Å². The van der Waals surface area contributed by atoms with Crippen LogP contribution in [0.25, 0.3) is 10.4 Å². The van der Waals surface area contributed by atoms with E-state index in [-0.39, 0.29) is 0 Å². The van der Waals surface area contributed by atoms with Gasteiger partial charge in [-0.15, -0.1) is 0 Å². The van der Waals surface area contributed by atoms with Crippen LogP contribution in [0.15, 0.2) is 29.4 Å². The molecule has 2 rings (SSSR count). The van der Waals surface area contributed by atoms with E-state index in [2.05, 4.69) is 33.5 Å². The molecule has 0 atom stereocenters. The van der Waals surface area contributed by atoms with Crippen molar-refractivity contribution < 1.29 is 0 Å². The quantitative estimate of drug-likeness (QED) is 0.371. The predicted octanol–water partition coefficient (Wildman–Crippen LogP) is 2.34. The molecule has 0 aliphatic heterocycles. The van der Waals surface area contributed by atoms with Crippen molar-refractivity contribution in [1.82, 2.24) is 5.32 Å². The van der Waals surface area contributed by atoms with Crippen LogP contribution in [0.1, 0.15) is 17.5 Å². The molecule has 0 spiro atoms. The van der Waals surface area contributed by atoms with Crippen LogP contribution in [-0.4, -0.2) is 18.6 Å². The normalized spacial score (nSPS) is 15.5. The van der Waals surface area contributed by atoms with Gasteiger partial charge in [0.15, 0.2) is 0 Å². The predicted molar refractivity (Wildman–Crippen MR) is 68.8 cm³/mol. The summed E-state index contributed by atoms with van der Waals surface area (Å²) < 4.78 is 0. The third-order valence-corrected chi connectivity index (χ3v) is 3.28. The topological polar surface area (TPSA) is 84.6 Å². The number of hydrogen-bond donors (Lipinski definition) is 1. The maximum atomic E-state index is 9.40. The molecular formula is C13H15N5. The number of nitrogens with zero attached hydrogens (tertiary/aromatic N) is 4. The maximum Gasteiger partial charge on any atom is 0.114 e. The van der Waals surface area contributed by atoms with E-state index >= 15 is 0 Å². The highest BCUT2D eigenvalue weighted by Gasteiger charge is 2.36. The maximum absolute atomic E-state index is 9.40. The molecule has 0 unspecified atom stereocenters. The second-order valence-corrected chi connectivity index (χ2v) is 4.55. The van der Waals surface area contributed by atoms with E-state index in [9.17, 15) is 5.26 Å². The summed E-state index contributed by atoms with van der Waals surface area (Å²) in [4.78, 5) is 2.71. The summed E-state index contributed by atoms with van der Waals surface area (Å²) in [5, 5.41) is 16.2. The van der Waals surface area contributed by atoms with Gasteiger partial charge in [-0.3, -0.25) is 5.32 Å². The molecule has 0 saturated heterocycles. The Balaban J connectivity index is 1.94. The molecule has 5 nitrogen and oxygen atoms in total. The number of nitriles is 1. The first-order valence-corrected chi connectivity index (χ1v) is 6.03. The highest BCUT2D eigenvalue weighted by atomic mass is 15.1. The summed E-state index contributed by atoms with van der Waals surface area (Å²) >= 11 is 0. The minimum absolute atomic E-state index is 0.470. The Morgan fingerprint density at radius 2 is 2.06 bits per heavy atom. The van der Waals surface area contributed by atoms with Gasteiger partial charge in [-0.05, 0) is 29.6 Å². The molecule has 0 heterocycles. The number of fused-ring (bicyclic) bond motifs is 1. The average Bonchev–Trinajstić information content (AvgIpc) is 2.77. The first-order chi connectivity index (χ1) is 8.79. The lowest BCUT2D eigenvalue weighted by Gasteiger charge is -2.21. The van der Waals surface area contributed by atoms with Gasteiger partial charge in [-0.2, -0.15) is 5.26 Å². The largest absolute Gasteiger partial charge is 0.299 e. The number of azide groups is 1. The summed E-state index contributed by atoms with van der Waals surface area (Å²) in [6.45, 7) is 1.17. The van der Waals surface area contributed by atoms with Crippen LogP contribution < -0.4 is 5.32 Å². The molecule has 5 heteroatoms. The fraction of sp³-hybridized carbons (Fsp3) is 0.462. The zero-order valence-corrected chi connectivity index (χ0v) is 10.1. The minimum Gasteiger partial charge on any atom is -0.299 e. The summed E-state index contributed by atoms with van der Waals surface area (Å²) in [7, 11) is 0. The van der Waals surface area contributed by atoms with Crippen molar-refractivity contribution in [1.29, 1.82) is 5.26 Å². The van der Waals surface area contributed by atoms with Crippen molar-refractivity contribution in [3.05, 3.63) is 45.8 Å². The van der Waals surface area contributed by atoms with E-state index in [1.54, 1.807) is 0 Å². The molecule has 92 valence electrons. The van der Waals surface area contributed by atoms with Crippen molar-refractivity contribution >= 4 is 0 Å². The van der Waals surface area contributed by atoms with E-state index in [1.165, 1.54) is 11.1 Å². The molecule has 0 bridgehead atoms. The number of rotatable bonds is 5. The molecule has 0 amide bonds. The Hall–Kier alpha value is -2.02. The Kier molecular flexibility index (Phi) is 3.83. The first kappa shape index (κ1) is 12.4. The molecule has 1 aromatic rings. The summed E-state index contributed by atoms with van der Waals surface area (Å²) in [5.41, 5.74) is 10.2. The van der Waals surface area contributed by atoms with Gasteiger partial charge in [0, 0.05) is 24.3 Å². The van der Waals surface area contributed by atoms with Crippen LogP contribution in [0.5, 0.6) is 0 Å². The van der Waals surface area contributed by atoms with Crippen LogP contribution in [0.2, 0.25) is 0 Å². The van der Waals surface area contributed by atoms with Gasteiger partial charge < -0.3 is 0 Å². The number of hydrogen-bond acceptors (Lipinski definition) is 3. The second-order valence-electron chi connectivity index (χ2n) is 4.55. The Labute approximate surface area is 106 Å². The van der Waals surface area contributed by atoms with Crippen LogP contribution in [0.3, 0.4) is 0 Å². The number of nitrogens with one attached hydrogen (secondary N) is 1. The van der Waals surface area contributed by atoms with Crippen molar-refractivity contribution in [2.45, 2.75) is 24.8 Å². The zero-order valence-electron chi connectivity index (χ0n) is 10.1. The third-order valence-electron chi connectivity index (χ3n) is 3.28. The van der Waals surface area contributed by atoms with Gasteiger partial charge in [-0.25, -0.2) is 0 Å². The number of benzene rings is 1. The summed E-state index contributed by atoms with van der Waals surface area (Å²) in [6, 6.07) is 10.6. The Morgan fingerprint density at radius 1 is 1.39 bits per heavy atom. The first-order valence-electron chi connectivity index (χ1n) is 6.03. The van der Waals surface area contributed by atoms with Crippen molar-refractivity contribution in [2.75, 3.05) is 13.1 Å². The van der Waals surface area contributed by atoms with Crippen molar-refractivity contribution in [3.8, 4) is 6.07 Å². The molecule has 1 aliphatic carbocycles. The van der Waals surface area contributed by atoms with Gasteiger partial charge in [0.25, 0.3) is 0 Å². The fourth-order valence-electron chi connectivity index (χ4n) is 2.38. The van der Waals surface area contributed by atoms with Gasteiger partial charge in [-0.1, -0.05) is 29.4 Å². The van der Waals surface area contributed by atoms with Gasteiger partial charge >= 0.3 is 0 Å². The molecule has 0 saturated carbocycles. The lowest BCUT2D eigenvalue weighted by Crippen LogP contribution is -2.45. The smallest absolute Gasteiger partial charge is 0.114 e. The monoisotopic (exact) mass is 241 g/mol. The summed E-state index contributed by atoms with van der Waals surface area (Å²) in [6.07, 6.45) is 2.26. The molecular weight excluding hydrogens is 226 g/mol. The second kappa shape index (κ2) is 5.54. The lowest BCUT2D eigenvalue weighted by atomic mass is 9.97. The molecule has 0 fully saturated rings. The van der Waals surface area contributed by atoms with Crippen molar-refractivity contribution in [2.24, 2.45) is 5.11 Å². The van der Waals surface area contributed by atoms with Gasteiger partial charge in [0.1, 0.15) is 5.54 Å². The fourth-order valence-corrected chi connectivity index (χ4v) is 2.38. The van der Waals surface area contributed by atoms with E-state index < -0.39 is 5.54 Å². The van der Waals surface area contributed by atoms with E-state index in [4.69, 9.17) is 5.53 Å². The standard InChI is InChI=1S/C13H15N5/c14-10-13(16-6-3-7-17-18-15)8-11-4-1-2-5-12(11)9-13/h1-2,4-5,16H,3,6-9H2. The highest BCUT2D eigenvalue weighted by Crippen LogP contribution is 2.29. The SMILES string of the molecule is N#CC1(NCCCN=[N+]=[N-])Cc2ccccc2C1. The average molecular weight is 241 g/mol. The Bertz CT molecular complexity index is 485. The lowest BCUT2D eigenvalue weighted by molar-refractivity contribution is 0.428. The Morgan fingerprint density at radius 3 is 2.61 bits per heavy atom. The molecule has 18 heavy (non-hydrogen) atoms. The van der Waals surface area contributed by atoms with Crippen LogP contribution >= 0.6 is 0 Å². The van der Waals surface area contributed by atoms with Crippen molar-refractivity contribution in [3.63, 3.8) is 0 Å². The molecule has 1 aliphatic rings. The van der Waals surface area contributed by atoms with Crippen LogP contribution in [0.4, 0.5) is 0 Å². The molecule has 0 aromatic heterocycles. The zero-order chi connectivity index (χ0) is 12.8. The third kappa shape index (κ3) is 2.62. The van der Waals surface area contributed by atoms with Gasteiger partial charge in [0.05, 0.1) is 6.07 Å². The molecule has 0 radical (unpaired) electrons. The molecule has 1 N–H and O–H groups in total. The van der Waals surface area contributed by atoms with Gasteiger partial charge in [0.2, 0.25) is 0 Å². The van der Waals surface area contributed by atoms with E-state index in [0.29, 0.717) is 13.1 Å². The summed E-state index contributed by atoms with van der Waals surface area (Å²) in [5.74, 6) is 0. The van der Waals surface area contributed by atoms with Crippen LogP contribution in [-0.2, 0) is 12.8 Å². The van der Waals surface area contributed by atoms with E-state index in [1.807, 2.05) is 12.1 Å². The molecule has 1 aromatic carbocycles. The van der Waals surface area contributed by atoms with E-state index in [0.717, 1.165) is 19.3 Å².